The van der Waals surface area contributed by atoms with Gasteiger partial charge in [-0.2, -0.15) is 0 Å². The molecule has 0 fully saturated rings. The summed E-state index contributed by atoms with van der Waals surface area (Å²) in [5.74, 6) is -1.08. The Bertz CT molecular complexity index is 504. The number of carboxylic acid groups (broad SMARTS) is 1. The fourth-order valence-electron chi connectivity index (χ4n) is 1.77. The first-order chi connectivity index (χ1) is 8.80. The molecule has 19 heavy (non-hydrogen) atoms. The summed E-state index contributed by atoms with van der Waals surface area (Å²) in [6.07, 6.45) is 2.44. The molecule has 1 aromatic rings. The molecule has 0 aliphatic carbocycles. The Morgan fingerprint density at radius 3 is 2.74 bits per heavy atom. The zero-order valence-electron chi connectivity index (χ0n) is 11.1. The number of nitrogens with one attached hydrogen (secondary N) is 1. The molecule has 1 atom stereocenters. The molecule has 0 saturated carbocycles. The molecule has 7 heteroatoms. The molecule has 0 saturated heterocycles. The summed E-state index contributed by atoms with van der Waals surface area (Å²) in [5.41, 5.74) is -0.852. The lowest BCUT2D eigenvalue weighted by atomic mass is 9.96. The molecule has 1 rings (SSSR count). The second-order valence-electron chi connectivity index (χ2n) is 4.65. The number of rotatable bonds is 6. The third kappa shape index (κ3) is 3.40. The van der Waals surface area contributed by atoms with Crippen molar-refractivity contribution in [1.29, 1.82) is 0 Å². The average Bonchev–Trinajstić information content (AvgIpc) is 2.31. The number of carbonyl (C=O) groups is 1. The number of pyridine rings is 1. The number of anilines is 1. The van der Waals surface area contributed by atoms with Gasteiger partial charge in [-0.3, -0.25) is 10.1 Å². The van der Waals surface area contributed by atoms with Gasteiger partial charge in [0.2, 0.25) is 5.82 Å². The molecule has 7 nitrogen and oxygen atoms in total. The summed E-state index contributed by atoms with van der Waals surface area (Å²) in [4.78, 5) is 25.6. The average molecular weight is 267 g/mol. The van der Waals surface area contributed by atoms with Gasteiger partial charge in [0.25, 0.3) is 0 Å². The molecular formula is C12H17N3O4. The van der Waals surface area contributed by atoms with Crippen LogP contribution in [0, 0.1) is 17.0 Å². The smallest absolute Gasteiger partial charge is 0.329 e. The zero-order chi connectivity index (χ0) is 14.6. The fourth-order valence-corrected chi connectivity index (χ4v) is 1.77. The van der Waals surface area contributed by atoms with E-state index in [0.717, 1.165) is 0 Å². The minimum absolute atomic E-state index is 0.0195. The van der Waals surface area contributed by atoms with Crippen LogP contribution in [0.25, 0.3) is 0 Å². The van der Waals surface area contributed by atoms with Crippen molar-refractivity contribution >= 4 is 17.5 Å². The van der Waals surface area contributed by atoms with Gasteiger partial charge in [-0.25, -0.2) is 9.78 Å². The van der Waals surface area contributed by atoms with Crippen LogP contribution >= 0.6 is 0 Å². The third-order valence-corrected chi connectivity index (χ3v) is 2.82. The normalized spacial score (nSPS) is 13.6. The fraction of sp³-hybridized carbons (Fsp3) is 0.500. The van der Waals surface area contributed by atoms with Crippen LogP contribution < -0.4 is 5.32 Å². The highest BCUT2D eigenvalue weighted by atomic mass is 16.6. The van der Waals surface area contributed by atoms with E-state index in [0.29, 0.717) is 18.4 Å². The van der Waals surface area contributed by atoms with Crippen LogP contribution in [0.4, 0.5) is 11.5 Å². The van der Waals surface area contributed by atoms with Crippen molar-refractivity contribution < 1.29 is 14.8 Å². The Hall–Kier alpha value is -2.18. The van der Waals surface area contributed by atoms with Crippen molar-refractivity contribution in [3.8, 4) is 0 Å². The largest absolute Gasteiger partial charge is 0.480 e. The van der Waals surface area contributed by atoms with Crippen LogP contribution in [-0.4, -0.2) is 26.5 Å². The van der Waals surface area contributed by atoms with Crippen LogP contribution in [0.3, 0.4) is 0 Å². The predicted molar refractivity (Wildman–Crippen MR) is 70.2 cm³/mol. The number of aliphatic carboxylic acids is 1. The summed E-state index contributed by atoms with van der Waals surface area (Å²) < 4.78 is 0. The maximum absolute atomic E-state index is 11.3. The molecule has 104 valence electrons. The highest BCUT2D eigenvalue weighted by Crippen LogP contribution is 2.27. The van der Waals surface area contributed by atoms with E-state index < -0.39 is 16.4 Å². The van der Waals surface area contributed by atoms with Gasteiger partial charge in [0.1, 0.15) is 5.54 Å². The Balaban J connectivity index is 3.16. The molecule has 0 bridgehead atoms. The molecule has 0 aliphatic heterocycles. The van der Waals surface area contributed by atoms with Crippen molar-refractivity contribution in [2.75, 3.05) is 5.32 Å². The van der Waals surface area contributed by atoms with Crippen molar-refractivity contribution in [3.05, 3.63) is 27.9 Å². The second kappa shape index (κ2) is 5.64. The van der Waals surface area contributed by atoms with Gasteiger partial charge in [0.15, 0.2) is 0 Å². The topological polar surface area (TPSA) is 105 Å². The summed E-state index contributed by atoms with van der Waals surface area (Å²) in [6.45, 7) is 5.02. The van der Waals surface area contributed by atoms with Crippen LogP contribution in [0.5, 0.6) is 0 Å². The summed E-state index contributed by atoms with van der Waals surface area (Å²) in [6, 6.07) is 1.36. The Morgan fingerprint density at radius 1 is 1.63 bits per heavy atom. The predicted octanol–water partition coefficient (Wildman–Crippen LogP) is 2.35. The van der Waals surface area contributed by atoms with Gasteiger partial charge in [0.05, 0.1) is 4.92 Å². The lowest BCUT2D eigenvalue weighted by Gasteiger charge is -2.26. The standard InChI is InChI=1S/C12H17N3O4/c1-4-5-12(3,11(16)17)14-10-9(15(18)19)6-8(2)7-13-10/h6-7H,4-5H2,1-3H3,(H,13,14)(H,16,17). The quantitative estimate of drug-likeness (QED) is 0.605. The molecule has 0 spiro atoms. The number of aryl methyl sites for hydroxylation is 1. The molecule has 1 aromatic heterocycles. The number of hydrogen-bond donors (Lipinski definition) is 2. The Morgan fingerprint density at radius 2 is 2.26 bits per heavy atom. The number of carboxylic acids is 1. The van der Waals surface area contributed by atoms with Crippen LogP contribution in [0.15, 0.2) is 12.3 Å². The summed E-state index contributed by atoms with van der Waals surface area (Å²) >= 11 is 0. The second-order valence-corrected chi connectivity index (χ2v) is 4.65. The first kappa shape index (κ1) is 14.9. The summed E-state index contributed by atoms with van der Waals surface area (Å²) in [5, 5.41) is 22.9. The van der Waals surface area contributed by atoms with Crippen molar-refractivity contribution in [2.45, 2.75) is 39.2 Å². The van der Waals surface area contributed by atoms with E-state index in [9.17, 15) is 20.0 Å². The van der Waals surface area contributed by atoms with Gasteiger partial charge in [-0.15, -0.1) is 0 Å². The minimum Gasteiger partial charge on any atom is -0.480 e. The van der Waals surface area contributed by atoms with Gasteiger partial charge in [0, 0.05) is 12.3 Å². The number of hydrogen-bond acceptors (Lipinski definition) is 5. The van der Waals surface area contributed by atoms with E-state index in [1.54, 1.807) is 6.92 Å². The van der Waals surface area contributed by atoms with Gasteiger partial charge < -0.3 is 10.4 Å². The minimum atomic E-state index is -1.28. The third-order valence-electron chi connectivity index (χ3n) is 2.82. The SMILES string of the molecule is CCCC(C)(Nc1ncc(C)cc1[N+](=O)[O-])C(=O)O. The number of nitro groups is 1. The molecule has 1 heterocycles. The summed E-state index contributed by atoms with van der Waals surface area (Å²) in [7, 11) is 0. The first-order valence-corrected chi connectivity index (χ1v) is 5.92. The van der Waals surface area contributed by atoms with Crippen LogP contribution in [0.2, 0.25) is 0 Å². The highest BCUT2D eigenvalue weighted by molar-refractivity contribution is 5.82. The first-order valence-electron chi connectivity index (χ1n) is 5.92. The van der Waals surface area contributed by atoms with E-state index >= 15 is 0 Å². The lowest BCUT2D eigenvalue weighted by Crippen LogP contribution is -2.43. The number of nitrogens with zero attached hydrogens (tertiary/aromatic N) is 2. The molecule has 0 radical (unpaired) electrons. The van der Waals surface area contributed by atoms with Crippen LogP contribution in [-0.2, 0) is 4.79 Å². The zero-order valence-corrected chi connectivity index (χ0v) is 11.1. The Kier molecular flexibility index (Phi) is 4.42. The molecule has 1 unspecified atom stereocenters. The van der Waals surface area contributed by atoms with E-state index in [1.165, 1.54) is 19.2 Å². The van der Waals surface area contributed by atoms with Gasteiger partial charge in [-0.05, 0) is 25.8 Å². The number of aromatic nitrogens is 1. The van der Waals surface area contributed by atoms with Crippen molar-refractivity contribution in [3.63, 3.8) is 0 Å². The van der Waals surface area contributed by atoms with E-state index in [4.69, 9.17) is 0 Å². The van der Waals surface area contributed by atoms with E-state index in [-0.39, 0.29) is 11.5 Å². The molecule has 0 amide bonds. The Labute approximate surface area is 110 Å². The van der Waals surface area contributed by atoms with Gasteiger partial charge >= 0.3 is 11.7 Å². The van der Waals surface area contributed by atoms with E-state index in [2.05, 4.69) is 10.3 Å². The molecular weight excluding hydrogens is 250 g/mol. The lowest BCUT2D eigenvalue weighted by molar-refractivity contribution is -0.384. The molecule has 2 N–H and O–H groups in total. The molecule has 0 aliphatic rings. The van der Waals surface area contributed by atoms with Crippen molar-refractivity contribution in [1.82, 2.24) is 4.98 Å². The van der Waals surface area contributed by atoms with E-state index in [1.807, 2.05) is 6.92 Å². The van der Waals surface area contributed by atoms with Gasteiger partial charge in [-0.1, -0.05) is 13.3 Å². The molecule has 0 aromatic carbocycles. The maximum atomic E-state index is 11.3. The monoisotopic (exact) mass is 267 g/mol. The van der Waals surface area contributed by atoms with Crippen LogP contribution in [0.1, 0.15) is 32.3 Å². The maximum Gasteiger partial charge on any atom is 0.329 e. The highest BCUT2D eigenvalue weighted by Gasteiger charge is 2.34. The van der Waals surface area contributed by atoms with Crippen molar-refractivity contribution in [2.24, 2.45) is 0 Å².